The first kappa shape index (κ1) is 16.0. The second kappa shape index (κ2) is 7.11. The molecular formula is C20H14ClNO2. The van der Waals surface area contributed by atoms with Gasteiger partial charge in [-0.05, 0) is 35.9 Å². The normalized spacial score (nSPS) is 11.3. The van der Waals surface area contributed by atoms with Gasteiger partial charge in [0.2, 0.25) is 5.78 Å². The van der Waals surface area contributed by atoms with Crippen LogP contribution in [0.2, 0.25) is 5.02 Å². The number of hydrogen-bond donors (Lipinski definition) is 0. The molecule has 0 unspecified atom stereocenters. The van der Waals surface area contributed by atoms with Crippen LogP contribution < -0.4 is 0 Å². The zero-order chi connectivity index (χ0) is 16.9. The standard InChI is InChI=1S/C20H14ClNO2/c21-17-10-8-15(9-11-17)13-19(22-12-4-7-18(22)14-23)20(24)16-5-2-1-3-6-16/h1-14H/b19-13-. The Balaban J connectivity index is 2.12. The van der Waals surface area contributed by atoms with Crippen LogP contribution in [0.1, 0.15) is 26.4 Å². The molecule has 0 spiro atoms. The molecule has 0 saturated carbocycles. The van der Waals surface area contributed by atoms with Crippen molar-refractivity contribution in [3.05, 3.63) is 94.8 Å². The number of hydrogen-bond acceptors (Lipinski definition) is 2. The second-order valence-electron chi connectivity index (χ2n) is 5.20. The minimum atomic E-state index is -0.162. The van der Waals surface area contributed by atoms with Gasteiger partial charge in [-0.15, -0.1) is 0 Å². The Bertz CT molecular complexity index is 893. The Hall–Kier alpha value is -2.91. The van der Waals surface area contributed by atoms with Crippen molar-refractivity contribution in [1.82, 2.24) is 4.57 Å². The lowest BCUT2D eigenvalue weighted by molar-refractivity contribution is 0.105. The van der Waals surface area contributed by atoms with Crippen LogP contribution in [0.5, 0.6) is 0 Å². The highest BCUT2D eigenvalue weighted by Gasteiger charge is 2.16. The SMILES string of the molecule is O=Cc1cccn1/C(=C\c1ccc(Cl)cc1)C(=O)c1ccccc1. The molecule has 1 heterocycles. The zero-order valence-corrected chi connectivity index (χ0v) is 13.5. The predicted octanol–water partition coefficient (Wildman–Crippen LogP) is 4.84. The number of aromatic nitrogens is 1. The molecule has 0 saturated heterocycles. The van der Waals surface area contributed by atoms with E-state index in [9.17, 15) is 9.59 Å². The summed E-state index contributed by atoms with van der Waals surface area (Å²) in [5.74, 6) is -0.162. The van der Waals surface area contributed by atoms with Crippen LogP contribution in [0.25, 0.3) is 11.8 Å². The molecule has 2 aromatic carbocycles. The van der Waals surface area contributed by atoms with Crippen LogP contribution in [-0.4, -0.2) is 16.6 Å². The minimum Gasteiger partial charge on any atom is -0.311 e. The molecule has 3 nitrogen and oxygen atoms in total. The summed E-state index contributed by atoms with van der Waals surface area (Å²) in [7, 11) is 0. The highest BCUT2D eigenvalue weighted by Crippen LogP contribution is 2.20. The van der Waals surface area contributed by atoms with E-state index in [4.69, 9.17) is 11.6 Å². The van der Waals surface area contributed by atoms with E-state index in [-0.39, 0.29) is 5.78 Å². The summed E-state index contributed by atoms with van der Waals surface area (Å²) in [5.41, 5.74) is 2.20. The molecule has 0 aliphatic heterocycles. The van der Waals surface area contributed by atoms with Crippen LogP contribution in [0.4, 0.5) is 0 Å². The maximum Gasteiger partial charge on any atom is 0.209 e. The Morgan fingerprint density at radius 3 is 2.29 bits per heavy atom. The van der Waals surface area contributed by atoms with Gasteiger partial charge < -0.3 is 4.57 Å². The number of carbonyl (C=O) groups is 2. The minimum absolute atomic E-state index is 0.162. The van der Waals surface area contributed by atoms with Gasteiger partial charge in [-0.2, -0.15) is 0 Å². The van der Waals surface area contributed by atoms with Crippen molar-refractivity contribution >= 4 is 35.4 Å². The summed E-state index contributed by atoms with van der Waals surface area (Å²) >= 11 is 5.91. The van der Waals surface area contributed by atoms with Crippen molar-refractivity contribution in [2.75, 3.05) is 0 Å². The summed E-state index contributed by atoms with van der Waals surface area (Å²) in [4.78, 5) is 24.2. The maximum absolute atomic E-state index is 13.0. The summed E-state index contributed by atoms with van der Waals surface area (Å²) in [5, 5.41) is 0.623. The van der Waals surface area contributed by atoms with Gasteiger partial charge in [0.05, 0.1) is 11.4 Å². The van der Waals surface area contributed by atoms with E-state index in [0.717, 1.165) is 11.8 Å². The monoisotopic (exact) mass is 335 g/mol. The maximum atomic E-state index is 13.0. The summed E-state index contributed by atoms with van der Waals surface area (Å²) in [6.45, 7) is 0. The summed E-state index contributed by atoms with van der Waals surface area (Å²) in [6, 6.07) is 19.5. The molecule has 3 rings (SSSR count). The molecule has 1 aromatic heterocycles. The first-order valence-electron chi connectivity index (χ1n) is 7.39. The van der Waals surface area contributed by atoms with E-state index in [1.54, 1.807) is 53.2 Å². The number of carbonyl (C=O) groups excluding carboxylic acids is 2. The average molecular weight is 336 g/mol. The number of nitrogens with zero attached hydrogens (tertiary/aromatic N) is 1. The number of halogens is 1. The molecule has 0 N–H and O–H groups in total. The molecule has 0 fully saturated rings. The smallest absolute Gasteiger partial charge is 0.209 e. The number of Topliss-reactive ketones (excluding diaryl/α,β-unsaturated/α-hetero) is 1. The molecule has 24 heavy (non-hydrogen) atoms. The summed E-state index contributed by atoms with van der Waals surface area (Å²) < 4.78 is 1.59. The number of ketones is 1. The van der Waals surface area contributed by atoms with Gasteiger partial charge in [0.1, 0.15) is 0 Å². The molecule has 0 aliphatic rings. The quantitative estimate of drug-likeness (QED) is 0.380. The number of rotatable bonds is 5. The third-order valence-electron chi connectivity index (χ3n) is 3.60. The van der Waals surface area contributed by atoms with Crippen LogP contribution >= 0.6 is 11.6 Å². The van der Waals surface area contributed by atoms with Crippen molar-refractivity contribution in [1.29, 1.82) is 0 Å². The Kier molecular flexibility index (Phi) is 4.73. The Labute approximate surface area is 144 Å². The van der Waals surface area contributed by atoms with Crippen LogP contribution in [-0.2, 0) is 0 Å². The highest BCUT2D eigenvalue weighted by molar-refractivity contribution is 6.30. The Morgan fingerprint density at radius 1 is 0.917 bits per heavy atom. The molecule has 4 heteroatoms. The Morgan fingerprint density at radius 2 is 1.62 bits per heavy atom. The molecule has 0 aliphatic carbocycles. The van der Waals surface area contributed by atoms with Gasteiger partial charge >= 0.3 is 0 Å². The molecular weight excluding hydrogens is 322 g/mol. The highest BCUT2D eigenvalue weighted by atomic mass is 35.5. The van der Waals surface area contributed by atoms with Gasteiger partial charge in [-0.3, -0.25) is 9.59 Å². The van der Waals surface area contributed by atoms with Crippen molar-refractivity contribution in [2.45, 2.75) is 0 Å². The molecule has 0 radical (unpaired) electrons. The molecule has 0 atom stereocenters. The van der Waals surface area contributed by atoms with Crippen molar-refractivity contribution in [3.63, 3.8) is 0 Å². The van der Waals surface area contributed by atoms with Crippen LogP contribution in [0, 0.1) is 0 Å². The first-order valence-corrected chi connectivity index (χ1v) is 7.77. The lowest BCUT2D eigenvalue weighted by atomic mass is 10.1. The van der Waals surface area contributed by atoms with E-state index in [0.29, 0.717) is 22.0 Å². The van der Waals surface area contributed by atoms with Crippen LogP contribution in [0.15, 0.2) is 72.9 Å². The zero-order valence-electron chi connectivity index (χ0n) is 12.7. The number of allylic oxidation sites excluding steroid dienone is 1. The van der Waals surface area contributed by atoms with Gasteiger partial charge in [0, 0.05) is 16.8 Å². The van der Waals surface area contributed by atoms with Gasteiger partial charge in [0.25, 0.3) is 0 Å². The number of aldehydes is 1. The molecule has 118 valence electrons. The van der Waals surface area contributed by atoms with Crippen molar-refractivity contribution in [2.24, 2.45) is 0 Å². The third kappa shape index (κ3) is 3.36. The number of benzene rings is 2. The van der Waals surface area contributed by atoms with E-state index in [1.807, 2.05) is 30.3 Å². The van der Waals surface area contributed by atoms with Gasteiger partial charge in [-0.25, -0.2) is 0 Å². The molecule has 0 amide bonds. The molecule has 3 aromatic rings. The largest absolute Gasteiger partial charge is 0.311 e. The fourth-order valence-electron chi connectivity index (χ4n) is 2.41. The first-order chi connectivity index (χ1) is 11.7. The van der Waals surface area contributed by atoms with E-state index in [1.165, 1.54) is 0 Å². The second-order valence-corrected chi connectivity index (χ2v) is 5.63. The fraction of sp³-hybridized carbons (Fsp3) is 0. The van der Waals surface area contributed by atoms with Crippen molar-refractivity contribution < 1.29 is 9.59 Å². The van der Waals surface area contributed by atoms with E-state index >= 15 is 0 Å². The van der Waals surface area contributed by atoms with Crippen molar-refractivity contribution in [3.8, 4) is 0 Å². The van der Waals surface area contributed by atoms with Gasteiger partial charge in [0.15, 0.2) is 6.29 Å². The van der Waals surface area contributed by atoms with Crippen LogP contribution in [0.3, 0.4) is 0 Å². The van der Waals surface area contributed by atoms with Gasteiger partial charge in [-0.1, -0.05) is 54.1 Å². The lowest BCUT2D eigenvalue weighted by Gasteiger charge is -2.11. The summed E-state index contributed by atoms with van der Waals surface area (Å²) in [6.07, 6.45) is 4.18. The van der Waals surface area contributed by atoms with E-state index in [2.05, 4.69) is 0 Å². The third-order valence-corrected chi connectivity index (χ3v) is 3.85. The van der Waals surface area contributed by atoms with E-state index < -0.39 is 0 Å². The average Bonchev–Trinajstić information content (AvgIpc) is 3.10. The lowest BCUT2D eigenvalue weighted by Crippen LogP contribution is -2.11. The fourth-order valence-corrected chi connectivity index (χ4v) is 2.53. The predicted molar refractivity (Wildman–Crippen MR) is 96.2 cm³/mol. The topological polar surface area (TPSA) is 39.1 Å². The molecule has 0 bridgehead atoms.